The van der Waals surface area contributed by atoms with Crippen LogP contribution < -0.4 is 8.92 Å². The van der Waals surface area contributed by atoms with E-state index in [0.29, 0.717) is 22.3 Å². The van der Waals surface area contributed by atoms with Crippen LogP contribution in [0.1, 0.15) is 25.3 Å². The molecule has 0 saturated carbocycles. The van der Waals surface area contributed by atoms with Crippen molar-refractivity contribution in [3.05, 3.63) is 57.1 Å². The molecular weight excluding hydrogens is 510 g/mol. The molecule has 0 atom stereocenters. The van der Waals surface area contributed by atoms with E-state index in [1.54, 1.807) is 30.5 Å². The van der Waals surface area contributed by atoms with Gasteiger partial charge in [-0.05, 0) is 65.2 Å². The van der Waals surface area contributed by atoms with Gasteiger partial charge in [0.15, 0.2) is 5.75 Å². The van der Waals surface area contributed by atoms with Crippen LogP contribution >= 0.6 is 31.9 Å². The van der Waals surface area contributed by atoms with Crippen LogP contribution in [-0.2, 0) is 10.1 Å². The van der Waals surface area contributed by atoms with E-state index in [9.17, 15) is 8.42 Å². The van der Waals surface area contributed by atoms with Gasteiger partial charge < -0.3 is 8.92 Å². The average molecular weight is 529 g/mol. The molecule has 28 heavy (non-hydrogen) atoms. The lowest BCUT2D eigenvalue weighted by molar-refractivity contribution is 0.307. The summed E-state index contributed by atoms with van der Waals surface area (Å²) in [6, 6.07) is 10.1. The molecule has 0 aliphatic rings. The van der Waals surface area contributed by atoms with Crippen molar-refractivity contribution < 1.29 is 17.3 Å². The van der Waals surface area contributed by atoms with E-state index in [0.717, 1.165) is 28.3 Å². The Bertz CT molecular complexity index is 1120. The van der Waals surface area contributed by atoms with Gasteiger partial charge in [-0.1, -0.05) is 35.3 Å². The second kappa shape index (κ2) is 8.80. The van der Waals surface area contributed by atoms with Gasteiger partial charge in [-0.15, -0.1) is 0 Å². The standard InChI is InChI=1S/C20H19Br2NO4S/c1-3-4-10-26-18-8-7-14(11-13(18)2)28(24,25)27-20-17(22)12-16(21)15-6-5-9-23-19(15)20/h5-9,11-12H,3-4,10H2,1-2H3. The van der Waals surface area contributed by atoms with Gasteiger partial charge in [0.1, 0.15) is 16.2 Å². The first-order valence-electron chi connectivity index (χ1n) is 8.74. The Morgan fingerprint density at radius 1 is 1.11 bits per heavy atom. The van der Waals surface area contributed by atoms with E-state index in [2.05, 4.69) is 43.8 Å². The first-order valence-corrected chi connectivity index (χ1v) is 11.7. The van der Waals surface area contributed by atoms with E-state index in [1.807, 2.05) is 13.0 Å². The van der Waals surface area contributed by atoms with Crippen LogP contribution in [0.2, 0.25) is 0 Å². The molecule has 0 aliphatic heterocycles. The molecular formula is C20H19Br2NO4S. The van der Waals surface area contributed by atoms with Gasteiger partial charge in [-0.3, -0.25) is 4.98 Å². The summed E-state index contributed by atoms with van der Waals surface area (Å²) >= 11 is 6.84. The highest BCUT2D eigenvalue weighted by molar-refractivity contribution is 9.11. The van der Waals surface area contributed by atoms with Crippen molar-refractivity contribution in [1.82, 2.24) is 4.98 Å². The molecule has 0 amide bonds. The van der Waals surface area contributed by atoms with Gasteiger partial charge in [-0.2, -0.15) is 8.42 Å². The van der Waals surface area contributed by atoms with E-state index >= 15 is 0 Å². The lowest BCUT2D eigenvalue weighted by Gasteiger charge is -2.13. The number of rotatable bonds is 7. The fourth-order valence-electron chi connectivity index (χ4n) is 2.65. The summed E-state index contributed by atoms with van der Waals surface area (Å²) in [5.41, 5.74) is 1.18. The molecule has 8 heteroatoms. The molecule has 0 N–H and O–H groups in total. The van der Waals surface area contributed by atoms with Crippen LogP contribution in [0.25, 0.3) is 10.9 Å². The summed E-state index contributed by atoms with van der Waals surface area (Å²) in [6.45, 7) is 4.50. The molecule has 2 aromatic carbocycles. The Morgan fingerprint density at radius 3 is 2.61 bits per heavy atom. The van der Waals surface area contributed by atoms with Crippen molar-refractivity contribution in [2.45, 2.75) is 31.6 Å². The van der Waals surface area contributed by atoms with E-state index < -0.39 is 10.1 Å². The Kier molecular flexibility index (Phi) is 6.62. The third kappa shape index (κ3) is 4.50. The zero-order chi connectivity index (χ0) is 20.3. The Balaban J connectivity index is 1.95. The number of hydrogen-bond donors (Lipinski definition) is 0. The lowest BCUT2D eigenvalue weighted by Crippen LogP contribution is -2.11. The van der Waals surface area contributed by atoms with Crippen molar-refractivity contribution in [2.24, 2.45) is 0 Å². The highest BCUT2D eigenvalue weighted by Crippen LogP contribution is 2.38. The first-order chi connectivity index (χ1) is 13.3. The molecule has 3 rings (SSSR count). The minimum absolute atomic E-state index is 0.0618. The lowest BCUT2D eigenvalue weighted by atomic mass is 10.2. The Hall–Kier alpha value is -1.64. The maximum atomic E-state index is 12.9. The fourth-order valence-corrected chi connectivity index (χ4v) is 5.15. The molecule has 0 unspecified atom stereocenters. The van der Waals surface area contributed by atoms with Gasteiger partial charge in [0.25, 0.3) is 0 Å². The normalized spacial score (nSPS) is 11.6. The smallest absolute Gasteiger partial charge is 0.339 e. The minimum Gasteiger partial charge on any atom is -0.493 e. The zero-order valence-electron chi connectivity index (χ0n) is 15.4. The van der Waals surface area contributed by atoms with Crippen LogP contribution in [0.5, 0.6) is 11.5 Å². The number of pyridine rings is 1. The molecule has 5 nitrogen and oxygen atoms in total. The number of hydrogen-bond acceptors (Lipinski definition) is 5. The Morgan fingerprint density at radius 2 is 1.89 bits per heavy atom. The molecule has 0 fully saturated rings. The largest absolute Gasteiger partial charge is 0.493 e. The number of aryl methyl sites for hydroxylation is 1. The van der Waals surface area contributed by atoms with Gasteiger partial charge >= 0.3 is 10.1 Å². The summed E-state index contributed by atoms with van der Waals surface area (Å²) in [6.07, 6.45) is 3.57. The summed E-state index contributed by atoms with van der Waals surface area (Å²) < 4.78 is 38.2. The summed E-state index contributed by atoms with van der Waals surface area (Å²) in [4.78, 5) is 4.35. The monoisotopic (exact) mass is 527 g/mol. The van der Waals surface area contributed by atoms with Gasteiger partial charge in [-0.25, -0.2) is 0 Å². The zero-order valence-corrected chi connectivity index (χ0v) is 19.4. The van der Waals surface area contributed by atoms with Gasteiger partial charge in [0.05, 0.1) is 11.1 Å². The summed E-state index contributed by atoms with van der Waals surface area (Å²) in [7, 11) is -4.05. The molecule has 0 saturated heterocycles. The molecule has 0 bridgehead atoms. The van der Waals surface area contributed by atoms with Crippen molar-refractivity contribution in [2.75, 3.05) is 6.61 Å². The number of halogens is 2. The van der Waals surface area contributed by atoms with Crippen molar-refractivity contribution >= 4 is 52.9 Å². The first kappa shape index (κ1) is 21.1. The van der Waals surface area contributed by atoms with Crippen molar-refractivity contribution in [1.29, 1.82) is 0 Å². The van der Waals surface area contributed by atoms with Crippen LogP contribution in [0, 0.1) is 6.92 Å². The van der Waals surface area contributed by atoms with Crippen LogP contribution in [0.15, 0.2) is 56.4 Å². The van der Waals surface area contributed by atoms with Gasteiger partial charge in [0.2, 0.25) is 0 Å². The average Bonchev–Trinajstić information content (AvgIpc) is 2.66. The molecule has 148 valence electrons. The Labute approximate surface area is 181 Å². The maximum Gasteiger partial charge on any atom is 0.339 e. The fraction of sp³-hybridized carbons (Fsp3) is 0.250. The number of ether oxygens (including phenoxy) is 1. The van der Waals surface area contributed by atoms with Crippen molar-refractivity contribution in [3.8, 4) is 11.5 Å². The number of aromatic nitrogens is 1. The third-order valence-electron chi connectivity index (χ3n) is 4.13. The summed E-state index contributed by atoms with van der Waals surface area (Å²) in [5, 5.41) is 0.756. The second-order valence-electron chi connectivity index (χ2n) is 6.24. The number of benzene rings is 2. The molecule has 0 spiro atoms. The van der Waals surface area contributed by atoms with E-state index in [-0.39, 0.29) is 10.6 Å². The molecule has 1 aromatic heterocycles. The van der Waals surface area contributed by atoms with Crippen molar-refractivity contribution in [3.63, 3.8) is 0 Å². The van der Waals surface area contributed by atoms with E-state index in [4.69, 9.17) is 8.92 Å². The molecule has 3 aromatic rings. The van der Waals surface area contributed by atoms with Crippen LogP contribution in [-0.4, -0.2) is 20.0 Å². The predicted octanol–water partition coefficient (Wildman–Crippen LogP) is 6.01. The second-order valence-corrected chi connectivity index (χ2v) is 9.49. The predicted molar refractivity (Wildman–Crippen MR) is 117 cm³/mol. The molecule has 1 heterocycles. The molecule has 0 aliphatic carbocycles. The number of fused-ring (bicyclic) bond motifs is 1. The van der Waals surface area contributed by atoms with Crippen LogP contribution in [0.4, 0.5) is 0 Å². The minimum atomic E-state index is -4.05. The third-order valence-corrected chi connectivity index (χ3v) is 6.60. The summed E-state index contributed by atoms with van der Waals surface area (Å²) in [5.74, 6) is 0.823. The highest BCUT2D eigenvalue weighted by Gasteiger charge is 2.22. The SMILES string of the molecule is CCCCOc1ccc(S(=O)(=O)Oc2c(Br)cc(Br)c3cccnc23)cc1C. The number of nitrogens with zero attached hydrogens (tertiary/aromatic N) is 1. The topological polar surface area (TPSA) is 65.5 Å². The van der Waals surface area contributed by atoms with Gasteiger partial charge in [0, 0.05) is 16.1 Å². The van der Waals surface area contributed by atoms with Crippen LogP contribution in [0.3, 0.4) is 0 Å². The maximum absolute atomic E-state index is 12.9. The number of unbranched alkanes of at least 4 members (excludes halogenated alkanes) is 1. The molecule has 0 radical (unpaired) electrons. The van der Waals surface area contributed by atoms with E-state index in [1.165, 1.54) is 6.07 Å². The highest BCUT2D eigenvalue weighted by atomic mass is 79.9. The quantitative estimate of drug-likeness (QED) is 0.277.